The summed E-state index contributed by atoms with van der Waals surface area (Å²) < 4.78 is 0. The lowest BCUT2D eigenvalue weighted by molar-refractivity contribution is 0.0944. The number of nitrogens with zero attached hydrogens (tertiary/aromatic N) is 3. The van der Waals surface area contributed by atoms with E-state index >= 15 is 0 Å². The lowest BCUT2D eigenvalue weighted by Gasteiger charge is -2.03. The van der Waals surface area contributed by atoms with E-state index in [9.17, 15) is 4.79 Å². The van der Waals surface area contributed by atoms with Gasteiger partial charge < -0.3 is 15.6 Å². The number of aromatic amines is 1. The number of imidazole rings is 1. The van der Waals surface area contributed by atoms with Gasteiger partial charge in [-0.15, -0.1) is 10.2 Å². The molecule has 0 unspecified atom stereocenters. The second-order valence-corrected chi connectivity index (χ2v) is 3.31. The summed E-state index contributed by atoms with van der Waals surface area (Å²) >= 11 is 0. The molecule has 0 bridgehead atoms. The van der Waals surface area contributed by atoms with Crippen molar-refractivity contribution in [3.8, 4) is 0 Å². The average molecular weight is 232 g/mol. The Bertz CT molecular complexity index is 478. The van der Waals surface area contributed by atoms with Crippen molar-refractivity contribution in [2.75, 3.05) is 12.4 Å². The highest BCUT2D eigenvalue weighted by atomic mass is 16.1. The first kappa shape index (κ1) is 11.1. The van der Waals surface area contributed by atoms with Crippen molar-refractivity contribution in [3.05, 3.63) is 36.0 Å². The first-order valence-corrected chi connectivity index (χ1v) is 5.06. The third-order valence-corrected chi connectivity index (χ3v) is 2.15. The van der Waals surface area contributed by atoms with Gasteiger partial charge in [0.2, 0.25) is 0 Å². The third kappa shape index (κ3) is 2.77. The molecule has 0 saturated carbocycles. The van der Waals surface area contributed by atoms with E-state index in [4.69, 9.17) is 0 Å². The van der Waals surface area contributed by atoms with Crippen LogP contribution < -0.4 is 10.6 Å². The third-order valence-electron chi connectivity index (χ3n) is 2.15. The molecule has 0 saturated heterocycles. The number of nitrogens with one attached hydrogen (secondary N) is 3. The van der Waals surface area contributed by atoms with Gasteiger partial charge in [-0.25, -0.2) is 4.98 Å². The maximum Gasteiger partial charge on any atom is 0.272 e. The summed E-state index contributed by atoms with van der Waals surface area (Å²) in [5, 5.41) is 13.2. The fraction of sp³-hybridized carbons (Fsp3) is 0.200. The molecule has 0 atom stereocenters. The zero-order chi connectivity index (χ0) is 12.1. The zero-order valence-electron chi connectivity index (χ0n) is 9.27. The highest BCUT2D eigenvalue weighted by Gasteiger charge is 2.07. The summed E-state index contributed by atoms with van der Waals surface area (Å²) in [6.45, 7) is 0.383. The van der Waals surface area contributed by atoms with Gasteiger partial charge in [0.25, 0.3) is 5.91 Å². The molecule has 0 aliphatic rings. The van der Waals surface area contributed by atoms with Gasteiger partial charge in [-0.1, -0.05) is 0 Å². The summed E-state index contributed by atoms with van der Waals surface area (Å²) in [6.07, 6.45) is 3.21. The number of hydrogen-bond acceptors (Lipinski definition) is 5. The van der Waals surface area contributed by atoms with Gasteiger partial charge in [0.1, 0.15) is 5.82 Å². The zero-order valence-corrected chi connectivity index (χ0v) is 9.27. The Balaban J connectivity index is 1.95. The fourth-order valence-corrected chi connectivity index (χ4v) is 1.23. The molecule has 7 heteroatoms. The van der Waals surface area contributed by atoms with Crippen LogP contribution in [-0.4, -0.2) is 33.1 Å². The van der Waals surface area contributed by atoms with Gasteiger partial charge >= 0.3 is 0 Å². The van der Waals surface area contributed by atoms with Gasteiger partial charge in [-0.05, 0) is 12.1 Å². The Morgan fingerprint density at radius 1 is 1.41 bits per heavy atom. The second-order valence-electron chi connectivity index (χ2n) is 3.31. The maximum absolute atomic E-state index is 11.7. The molecule has 0 aromatic carbocycles. The minimum atomic E-state index is -0.269. The minimum Gasteiger partial charge on any atom is -0.372 e. The van der Waals surface area contributed by atoms with E-state index in [2.05, 4.69) is 30.8 Å². The van der Waals surface area contributed by atoms with E-state index in [-0.39, 0.29) is 11.6 Å². The average Bonchev–Trinajstić information content (AvgIpc) is 2.89. The lowest BCUT2D eigenvalue weighted by atomic mass is 10.3. The molecular weight excluding hydrogens is 220 g/mol. The topological polar surface area (TPSA) is 95.6 Å². The summed E-state index contributed by atoms with van der Waals surface area (Å²) in [5.41, 5.74) is 1.11. The van der Waals surface area contributed by atoms with E-state index in [0.717, 1.165) is 5.69 Å². The molecule has 0 spiro atoms. The first-order chi connectivity index (χ1) is 8.29. The van der Waals surface area contributed by atoms with Crippen molar-refractivity contribution in [1.29, 1.82) is 0 Å². The predicted molar refractivity (Wildman–Crippen MR) is 61.3 cm³/mol. The molecule has 2 aromatic rings. The Kier molecular flexibility index (Phi) is 3.29. The SMILES string of the molecule is CNc1ccc(C(=O)NCc2cnc[nH]2)nn1. The van der Waals surface area contributed by atoms with Crippen LogP contribution in [0.2, 0.25) is 0 Å². The summed E-state index contributed by atoms with van der Waals surface area (Å²) in [4.78, 5) is 18.4. The highest BCUT2D eigenvalue weighted by molar-refractivity contribution is 5.92. The Labute approximate surface area is 97.7 Å². The number of anilines is 1. The molecule has 7 nitrogen and oxygen atoms in total. The van der Waals surface area contributed by atoms with E-state index in [1.165, 1.54) is 0 Å². The molecule has 0 fully saturated rings. The van der Waals surface area contributed by atoms with Crippen molar-refractivity contribution in [2.45, 2.75) is 6.54 Å². The Morgan fingerprint density at radius 3 is 2.88 bits per heavy atom. The van der Waals surface area contributed by atoms with Gasteiger partial charge in [0.05, 0.1) is 18.6 Å². The molecule has 2 heterocycles. The summed E-state index contributed by atoms with van der Waals surface area (Å²) in [6, 6.07) is 3.30. The van der Waals surface area contributed by atoms with Crippen molar-refractivity contribution in [2.24, 2.45) is 0 Å². The van der Waals surface area contributed by atoms with Crippen LogP contribution in [0.5, 0.6) is 0 Å². The molecule has 2 rings (SSSR count). The van der Waals surface area contributed by atoms with E-state index in [1.54, 1.807) is 31.7 Å². The second kappa shape index (κ2) is 5.06. The van der Waals surface area contributed by atoms with Crippen molar-refractivity contribution in [1.82, 2.24) is 25.5 Å². The molecule has 3 N–H and O–H groups in total. The van der Waals surface area contributed by atoms with Crippen LogP contribution in [0.25, 0.3) is 0 Å². The molecule has 0 radical (unpaired) electrons. The molecule has 2 aromatic heterocycles. The summed E-state index contributed by atoms with van der Waals surface area (Å²) in [5.74, 6) is 0.352. The maximum atomic E-state index is 11.7. The van der Waals surface area contributed by atoms with Crippen molar-refractivity contribution >= 4 is 11.7 Å². The standard InChI is InChI=1S/C10H12N6O/c1-11-9-3-2-8(15-16-9)10(17)13-5-7-4-12-6-14-7/h2-4,6H,5H2,1H3,(H,11,16)(H,12,14)(H,13,17). The van der Waals surface area contributed by atoms with Gasteiger partial charge in [-0.2, -0.15) is 0 Å². The van der Waals surface area contributed by atoms with Crippen LogP contribution in [0.3, 0.4) is 0 Å². The van der Waals surface area contributed by atoms with Gasteiger partial charge in [0.15, 0.2) is 5.69 Å². The first-order valence-electron chi connectivity index (χ1n) is 5.06. The van der Waals surface area contributed by atoms with E-state index in [1.807, 2.05) is 0 Å². The number of amides is 1. The number of hydrogen-bond donors (Lipinski definition) is 3. The lowest BCUT2D eigenvalue weighted by Crippen LogP contribution is -2.24. The van der Waals surface area contributed by atoms with Crippen LogP contribution in [0.4, 0.5) is 5.82 Å². The minimum absolute atomic E-state index is 0.269. The fourth-order valence-electron chi connectivity index (χ4n) is 1.23. The largest absolute Gasteiger partial charge is 0.372 e. The normalized spacial score (nSPS) is 9.94. The summed E-state index contributed by atoms with van der Waals surface area (Å²) in [7, 11) is 1.74. The quantitative estimate of drug-likeness (QED) is 0.698. The Hall–Kier alpha value is -2.44. The Morgan fingerprint density at radius 2 is 2.29 bits per heavy atom. The van der Waals surface area contributed by atoms with Crippen LogP contribution in [0.15, 0.2) is 24.7 Å². The predicted octanol–water partition coefficient (Wildman–Crippen LogP) is 0.171. The molecular formula is C10H12N6O. The van der Waals surface area contributed by atoms with Gasteiger partial charge in [0, 0.05) is 13.2 Å². The number of rotatable bonds is 4. The monoisotopic (exact) mass is 232 g/mol. The molecule has 17 heavy (non-hydrogen) atoms. The van der Waals surface area contributed by atoms with E-state index in [0.29, 0.717) is 12.4 Å². The van der Waals surface area contributed by atoms with Crippen LogP contribution >= 0.6 is 0 Å². The van der Waals surface area contributed by atoms with Crippen molar-refractivity contribution in [3.63, 3.8) is 0 Å². The number of aromatic nitrogens is 4. The molecule has 1 amide bonds. The number of carbonyl (C=O) groups is 1. The number of carbonyl (C=O) groups excluding carboxylic acids is 1. The smallest absolute Gasteiger partial charge is 0.272 e. The molecule has 0 aliphatic heterocycles. The molecule has 88 valence electrons. The van der Waals surface area contributed by atoms with E-state index < -0.39 is 0 Å². The number of H-pyrrole nitrogens is 1. The van der Waals surface area contributed by atoms with Crippen LogP contribution in [0, 0.1) is 0 Å². The van der Waals surface area contributed by atoms with Crippen LogP contribution in [-0.2, 0) is 6.54 Å². The van der Waals surface area contributed by atoms with Crippen molar-refractivity contribution < 1.29 is 4.79 Å². The van der Waals surface area contributed by atoms with Gasteiger partial charge in [-0.3, -0.25) is 4.79 Å². The molecule has 0 aliphatic carbocycles. The highest BCUT2D eigenvalue weighted by Crippen LogP contribution is 2.00. The van der Waals surface area contributed by atoms with Crippen LogP contribution in [0.1, 0.15) is 16.2 Å².